The molecule has 7 heavy (non-hydrogen) atoms. The van der Waals surface area contributed by atoms with Crippen LogP contribution in [0.25, 0.3) is 0 Å². The maximum absolute atomic E-state index is 5.36. The third-order valence-corrected chi connectivity index (χ3v) is 0.939. The van der Waals surface area contributed by atoms with Gasteiger partial charge in [0, 0.05) is 5.27 Å². The van der Waals surface area contributed by atoms with Crippen LogP contribution in [0.4, 0.5) is 0 Å². The number of hydrogen-bond acceptors (Lipinski definition) is 3. The lowest BCUT2D eigenvalue weighted by atomic mass is 10.6. The van der Waals surface area contributed by atoms with Crippen LogP contribution in [0.5, 0.6) is 0 Å². The summed E-state index contributed by atoms with van der Waals surface area (Å²) in [4.78, 5) is 0. The van der Waals surface area contributed by atoms with Crippen molar-refractivity contribution in [2.75, 3.05) is 0 Å². The third-order valence-electron chi connectivity index (χ3n) is 0.597. The molecule has 0 amide bonds. The van der Waals surface area contributed by atoms with Crippen molar-refractivity contribution in [2.24, 2.45) is 0 Å². The van der Waals surface area contributed by atoms with Crippen LogP contribution in [0.3, 0.4) is 0 Å². The van der Waals surface area contributed by atoms with Crippen LogP contribution in [-0.2, 0) is 0 Å². The first-order valence-corrected chi connectivity index (χ1v) is 2.13. The average molecular weight is 119 g/mol. The lowest BCUT2D eigenvalue weighted by Crippen LogP contribution is -1.62. The first kappa shape index (κ1) is 4.59. The predicted octanol–water partition coefficient (Wildman–Crippen LogP) is 1.03. The van der Waals surface area contributed by atoms with E-state index in [1.165, 1.54) is 0 Å². The molecule has 1 rings (SSSR count). The number of aromatic nitrogens is 2. The van der Waals surface area contributed by atoms with E-state index in [1.54, 1.807) is 6.92 Å². The monoisotopic (exact) mass is 118 g/mol. The summed E-state index contributed by atoms with van der Waals surface area (Å²) in [7, 11) is 0. The molecule has 0 bridgehead atoms. The van der Waals surface area contributed by atoms with E-state index in [-0.39, 0.29) is 0 Å². The topological polar surface area (TPSA) is 38.9 Å². The standard InChI is InChI=1S/C3H3ClN2O/c1-2-3(4)5-6-7-2/h1H3. The summed E-state index contributed by atoms with van der Waals surface area (Å²) in [6.07, 6.45) is 0. The Bertz CT molecular complexity index is 145. The quantitative estimate of drug-likeness (QED) is 0.511. The molecule has 38 valence electrons. The molecule has 0 aromatic carbocycles. The highest BCUT2D eigenvalue weighted by atomic mass is 35.5. The van der Waals surface area contributed by atoms with Gasteiger partial charge in [0.2, 0.25) is 0 Å². The van der Waals surface area contributed by atoms with Gasteiger partial charge in [0.25, 0.3) is 0 Å². The van der Waals surface area contributed by atoms with Gasteiger partial charge in [-0.1, -0.05) is 16.7 Å². The highest BCUT2D eigenvalue weighted by Crippen LogP contribution is 2.06. The van der Waals surface area contributed by atoms with Crippen molar-refractivity contribution in [3.8, 4) is 0 Å². The highest BCUT2D eigenvalue weighted by Gasteiger charge is 1.96. The fraction of sp³-hybridized carbons (Fsp3) is 0.333. The van der Waals surface area contributed by atoms with Crippen molar-refractivity contribution in [1.29, 1.82) is 0 Å². The number of halogens is 1. The smallest absolute Gasteiger partial charge is 0.195 e. The minimum atomic E-state index is 0.333. The highest BCUT2D eigenvalue weighted by molar-refractivity contribution is 6.29. The Morgan fingerprint density at radius 2 is 2.43 bits per heavy atom. The minimum absolute atomic E-state index is 0.333. The van der Waals surface area contributed by atoms with Gasteiger partial charge in [-0.15, -0.1) is 0 Å². The van der Waals surface area contributed by atoms with Crippen molar-refractivity contribution in [2.45, 2.75) is 6.92 Å². The zero-order chi connectivity index (χ0) is 5.28. The lowest BCUT2D eigenvalue weighted by Gasteiger charge is -1.70. The SMILES string of the molecule is Cc1onnc1Cl. The van der Waals surface area contributed by atoms with Gasteiger partial charge in [-0.25, -0.2) is 0 Å². The van der Waals surface area contributed by atoms with Crippen LogP contribution in [0.2, 0.25) is 5.15 Å². The molecule has 0 aliphatic carbocycles. The Hall–Kier alpha value is -0.570. The van der Waals surface area contributed by atoms with E-state index >= 15 is 0 Å². The number of rotatable bonds is 0. The largest absolute Gasteiger partial charge is 0.341 e. The summed E-state index contributed by atoms with van der Waals surface area (Å²) in [5, 5.41) is 6.86. The first-order chi connectivity index (χ1) is 3.30. The minimum Gasteiger partial charge on any atom is -0.341 e. The van der Waals surface area contributed by atoms with Crippen LogP contribution in [-0.4, -0.2) is 10.4 Å². The number of nitrogens with zero attached hydrogens (tertiary/aromatic N) is 2. The second-order valence-electron chi connectivity index (χ2n) is 1.12. The van der Waals surface area contributed by atoms with Gasteiger partial charge in [-0.3, -0.25) is 0 Å². The molecule has 0 spiro atoms. The third kappa shape index (κ3) is 0.718. The molecule has 3 nitrogen and oxygen atoms in total. The van der Waals surface area contributed by atoms with Crippen LogP contribution in [0, 0.1) is 6.92 Å². The molecule has 0 unspecified atom stereocenters. The van der Waals surface area contributed by atoms with Gasteiger partial charge in [-0.05, 0) is 6.92 Å². The summed E-state index contributed by atoms with van der Waals surface area (Å²) in [5.41, 5.74) is 0. The van der Waals surface area contributed by atoms with Gasteiger partial charge in [-0.2, -0.15) is 0 Å². The van der Waals surface area contributed by atoms with Crippen LogP contribution in [0.15, 0.2) is 4.52 Å². The fourth-order valence-electron chi connectivity index (χ4n) is 0.226. The summed E-state index contributed by atoms with van der Waals surface area (Å²) < 4.78 is 4.47. The van der Waals surface area contributed by atoms with E-state index in [1.807, 2.05) is 0 Å². The predicted molar refractivity (Wildman–Crippen MR) is 24.0 cm³/mol. The summed E-state index contributed by atoms with van der Waals surface area (Å²) in [5.74, 6) is 0.557. The number of aryl methyl sites for hydroxylation is 1. The second-order valence-corrected chi connectivity index (χ2v) is 1.48. The van der Waals surface area contributed by atoms with Crippen molar-refractivity contribution in [3.05, 3.63) is 10.9 Å². The van der Waals surface area contributed by atoms with Crippen molar-refractivity contribution in [1.82, 2.24) is 10.4 Å². The Kier molecular flexibility index (Phi) is 0.982. The molecule has 0 fully saturated rings. The van der Waals surface area contributed by atoms with E-state index in [4.69, 9.17) is 11.6 Å². The van der Waals surface area contributed by atoms with E-state index in [0.29, 0.717) is 10.9 Å². The summed E-state index contributed by atoms with van der Waals surface area (Å²) in [6, 6.07) is 0. The normalized spacial score (nSPS) is 9.43. The molecule has 0 radical (unpaired) electrons. The zero-order valence-electron chi connectivity index (χ0n) is 3.68. The molecule has 1 aromatic rings. The molecule has 1 aromatic heterocycles. The molecule has 4 heteroatoms. The van der Waals surface area contributed by atoms with Crippen LogP contribution >= 0.6 is 11.6 Å². The molecule has 0 aliphatic rings. The summed E-state index contributed by atoms with van der Waals surface area (Å²) >= 11 is 5.36. The fourth-order valence-corrected chi connectivity index (χ4v) is 0.291. The Labute approximate surface area is 45.3 Å². The molecule has 1 heterocycles. The molecule has 0 atom stereocenters. The Morgan fingerprint density at radius 3 is 2.57 bits per heavy atom. The van der Waals surface area contributed by atoms with Crippen molar-refractivity contribution < 1.29 is 4.52 Å². The second kappa shape index (κ2) is 1.50. The number of hydrogen-bond donors (Lipinski definition) is 0. The zero-order valence-corrected chi connectivity index (χ0v) is 4.44. The summed E-state index contributed by atoms with van der Waals surface area (Å²) in [6.45, 7) is 1.70. The Morgan fingerprint density at radius 1 is 1.71 bits per heavy atom. The van der Waals surface area contributed by atoms with Gasteiger partial charge >= 0.3 is 0 Å². The molecule has 0 saturated carbocycles. The van der Waals surface area contributed by atoms with Crippen molar-refractivity contribution >= 4 is 11.6 Å². The van der Waals surface area contributed by atoms with Gasteiger partial charge in [0.15, 0.2) is 10.9 Å². The van der Waals surface area contributed by atoms with E-state index in [2.05, 4.69) is 14.9 Å². The first-order valence-electron chi connectivity index (χ1n) is 1.75. The van der Waals surface area contributed by atoms with Crippen LogP contribution < -0.4 is 0 Å². The van der Waals surface area contributed by atoms with E-state index in [9.17, 15) is 0 Å². The molecule has 0 saturated heterocycles. The lowest BCUT2D eigenvalue weighted by molar-refractivity contribution is 0.374. The average Bonchev–Trinajstić information content (AvgIpc) is 1.91. The molecule has 0 N–H and O–H groups in total. The Balaban J connectivity index is 3.12. The maximum atomic E-state index is 5.36. The maximum Gasteiger partial charge on any atom is 0.195 e. The van der Waals surface area contributed by atoms with Gasteiger partial charge < -0.3 is 4.52 Å². The van der Waals surface area contributed by atoms with Gasteiger partial charge in [0.05, 0.1) is 0 Å². The molecular formula is C3H3ClN2O. The van der Waals surface area contributed by atoms with Gasteiger partial charge in [0.1, 0.15) is 0 Å². The van der Waals surface area contributed by atoms with E-state index < -0.39 is 0 Å². The molecule has 0 aliphatic heterocycles. The molecular weight excluding hydrogens is 115 g/mol. The van der Waals surface area contributed by atoms with Crippen LogP contribution in [0.1, 0.15) is 5.76 Å². The van der Waals surface area contributed by atoms with Crippen molar-refractivity contribution in [3.63, 3.8) is 0 Å². The van der Waals surface area contributed by atoms with E-state index in [0.717, 1.165) is 0 Å².